The Morgan fingerprint density at radius 2 is 1.29 bits per heavy atom. The average molecular weight is 802 g/mol. The number of ether oxygens (including phenoxy) is 2. The lowest BCUT2D eigenvalue weighted by atomic mass is 10.1. The molecule has 21 heteroatoms. The van der Waals surface area contributed by atoms with E-state index in [1.807, 2.05) is 46.4 Å². The number of nitrogens with two attached hydrogens (primary N) is 2. The molecule has 0 spiro atoms. The first kappa shape index (κ1) is 48.0. The SMILES string of the molecule is C.CC(C)(C)OCC(O)CN1CCN(c2nnc(Cl)c(N)n2)[C@H](CO)C1.CC(C)(C)OCC(O)CN1CCN[C@H](CO)C1.Nc1nc(Cl)nnc1Cl. The van der Waals surface area contributed by atoms with Crippen LogP contribution in [0.2, 0.25) is 15.6 Å². The van der Waals surface area contributed by atoms with Gasteiger partial charge in [0.05, 0.1) is 55.9 Å². The molecule has 0 aliphatic carbocycles. The number of piperazine rings is 2. The molecule has 0 radical (unpaired) electrons. The molecule has 2 aliphatic heterocycles. The molecule has 2 aromatic heterocycles. The van der Waals surface area contributed by atoms with Crippen LogP contribution in [-0.4, -0.2) is 175 Å². The summed E-state index contributed by atoms with van der Waals surface area (Å²) in [5.74, 6) is 0.550. The van der Waals surface area contributed by atoms with Crippen LogP contribution in [0.15, 0.2) is 0 Å². The van der Waals surface area contributed by atoms with Gasteiger partial charge in [0.2, 0.25) is 11.2 Å². The third kappa shape index (κ3) is 18.8. The number of aliphatic hydroxyl groups is 4. The van der Waals surface area contributed by atoms with Crippen LogP contribution in [0.1, 0.15) is 49.0 Å². The first-order valence-electron chi connectivity index (χ1n) is 16.6. The highest BCUT2D eigenvalue weighted by Gasteiger charge is 2.30. The summed E-state index contributed by atoms with van der Waals surface area (Å²) in [5, 5.41) is 56.6. The molecule has 52 heavy (non-hydrogen) atoms. The molecule has 2 aromatic rings. The molecule has 4 rings (SSSR count). The van der Waals surface area contributed by atoms with Crippen molar-refractivity contribution in [1.29, 1.82) is 0 Å². The second-order valence-electron chi connectivity index (χ2n) is 14.1. The van der Waals surface area contributed by atoms with E-state index in [-0.39, 0.29) is 77.8 Å². The second kappa shape index (κ2) is 23.0. The molecular weight excluding hydrogens is 743 g/mol. The summed E-state index contributed by atoms with van der Waals surface area (Å²) in [5.41, 5.74) is 10.4. The van der Waals surface area contributed by atoms with E-state index in [2.05, 4.69) is 45.5 Å². The Kier molecular flexibility index (Phi) is 21.2. The Balaban J connectivity index is 0.000000431. The van der Waals surface area contributed by atoms with E-state index in [0.29, 0.717) is 45.3 Å². The first-order chi connectivity index (χ1) is 23.8. The predicted octanol–water partition coefficient (Wildman–Crippen LogP) is 0.591. The molecule has 4 atom stereocenters. The molecule has 300 valence electrons. The van der Waals surface area contributed by atoms with Crippen LogP contribution >= 0.6 is 34.8 Å². The minimum atomic E-state index is -0.589. The molecule has 2 unspecified atom stereocenters. The van der Waals surface area contributed by atoms with Gasteiger partial charge in [0.1, 0.15) is 0 Å². The lowest BCUT2D eigenvalue weighted by molar-refractivity contribution is -0.0579. The summed E-state index contributed by atoms with van der Waals surface area (Å²) in [4.78, 5) is 13.7. The van der Waals surface area contributed by atoms with E-state index in [1.54, 1.807) is 0 Å². The minimum absolute atomic E-state index is 0. The third-order valence-electron chi connectivity index (χ3n) is 7.25. The Labute approximate surface area is 322 Å². The summed E-state index contributed by atoms with van der Waals surface area (Å²) < 4.78 is 11.2. The van der Waals surface area contributed by atoms with E-state index >= 15 is 0 Å². The number of hydrogen-bond acceptors (Lipinski definition) is 18. The topological polar surface area (TPSA) is 251 Å². The van der Waals surface area contributed by atoms with Gasteiger partial charge in [-0.3, -0.25) is 9.80 Å². The van der Waals surface area contributed by atoms with Crippen molar-refractivity contribution in [1.82, 2.24) is 45.5 Å². The van der Waals surface area contributed by atoms with E-state index < -0.39 is 12.2 Å². The molecule has 2 saturated heterocycles. The normalized spacial score (nSPS) is 19.8. The monoisotopic (exact) mass is 800 g/mol. The van der Waals surface area contributed by atoms with Gasteiger partial charge < -0.3 is 51.6 Å². The molecule has 18 nitrogen and oxygen atoms in total. The van der Waals surface area contributed by atoms with Crippen molar-refractivity contribution in [3.05, 3.63) is 15.6 Å². The van der Waals surface area contributed by atoms with Crippen molar-refractivity contribution < 1.29 is 29.9 Å². The average Bonchev–Trinajstić information content (AvgIpc) is 3.06. The highest BCUT2D eigenvalue weighted by Crippen LogP contribution is 2.20. The lowest BCUT2D eigenvalue weighted by Crippen LogP contribution is -2.57. The highest BCUT2D eigenvalue weighted by molar-refractivity contribution is 6.32. The molecule has 0 bridgehead atoms. The van der Waals surface area contributed by atoms with Crippen LogP contribution in [0, 0.1) is 0 Å². The van der Waals surface area contributed by atoms with E-state index in [9.17, 15) is 15.3 Å². The zero-order chi connectivity index (χ0) is 38.4. The Hall–Kier alpha value is -2.07. The maximum atomic E-state index is 10.2. The second-order valence-corrected chi connectivity index (χ2v) is 15.1. The van der Waals surface area contributed by atoms with E-state index in [1.165, 1.54) is 0 Å². The van der Waals surface area contributed by atoms with Gasteiger partial charge in [0.15, 0.2) is 21.9 Å². The van der Waals surface area contributed by atoms with Crippen molar-refractivity contribution >= 4 is 52.4 Å². The molecule has 4 heterocycles. The fourth-order valence-corrected chi connectivity index (χ4v) is 5.11. The van der Waals surface area contributed by atoms with Crippen molar-refractivity contribution in [2.75, 3.05) is 95.2 Å². The number of halogens is 3. The fraction of sp³-hybridized carbons (Fsp3) is 0.806. The summed E-state index contributed by atoms with van der Waals surface area (Å²) in [7, 11) is 0. The molecule has 2 fully saturated rings. The molecular formula is C31H59Cl3N12O6. The Morgan fingerprint density at radius 3 is 1.75 bits per heavy atom. The molecule has 0 amide bonds. The highest BCUT2D eigenvalue weighted by atomic mass is 35.5. The van der Waals surface area contributed by atoms with Gasteiger partial charge in [-0.05, 0) is 53.1 Å². The van der Waals surface area contributed by atoms with Crippen molar-refractivity contribution in [2.24, 2.45) is 0 Å². The maximum Gasteiger partial charge on any atom is 0.247 e. The van der Waals surface area contributed by atoms with Crippen LogP contribution < -0.4 is 21.7 Å². The number of anilines is 3. The summed E-state index contributed by atoms with van der Waals surface area (Å²) >= 11 is 16.4. The van der Waals surface area contributed by atoms with Crippen molar-refractivity contribution in [3.8, 4) is 0 Å². The number of nitrogen functional groups attached to an aromatic ring is 2. The number of nitrogens with one attached hydrogen (secondary N) is 1. The van der Waals surface area contributed by atoms with Gasteiger partial charge in [0.25, 0.3) is 0 Å². The van der Waals surface area contributed by atoms with Crippen LogP contribution in [0.3, 0.4) is 0 Å². The number of β-amino-alcohol motifs (C(OH)–C–C–N with tert-alkyl or cyclic N) is 2. The Morgan fingerprint density at radius 1 is 0.769 bits per heavy atom. The van der Waals surface area contributed by atoms with Crippen LogP contribution in [0.4, 0.5) is 17.6 Å². The summed E-state index contributed by atoms with van der Waals surface area (Å²) in [6, 6.07) is -0.0913. The van der Waals surface area contributed by atoms with Gasteiger partial charge in [-0.25, -0.2) is 0 Å². The lowest BCUT2D eigenvalue weighted by Gasteiger charge is -2.41. The van der Waals surface area contributed by atoms with E-state index in [4.69, 9.17) is 60.9 Å². The van der Waals surface area contributed by atoms with Gasteiger partial charge >= 0.3 is 0 Å². The number of rotatable bonds is 11. The fourth-order valence-electron chi connectivity index (χ4n) is 4.82. The van der Waals surface area contributed by atoms with Crippen LogP contribution in [-0.2, 0) is 9.47 Å². The molecule has 9 N–H and O–H groups in total. The first-order valence-corrected chi connectivity index (χ1v) is 17.7. The van der Waals surface area contributed by atoms with Crippen LogP contribution in [0.25, 0.3) is 0 Å². The largest absolute Gasteiger partial charge is 0.395 e. The number of hydrogen-bond donors (Lipinski definition) is 7. The minimum Gasteiger partial charge on any atom is -0.395 e. The van der Waals surface area contributed by atoms with Crippen molar-refractivity contribution in [2.45, 2.75) is 84.5 Å². The zero-order valence-corrected chi connectivity index (χ0v) is 32.5. The van der Waals surface area contributed by atoms with Gasteiger partial charge in [-0.15, -0.1) is 20.4 Å². The Bertz CT molecular complexity index is 1310. The number of nitrogens with zero attached hydrogens (tertiary/aromatic N) is 9. The molecule has 2 aliphatic rings. The third-order valence-corrected chi connectivity index (χ3v) is 7.95. The summed E-state index contributed by atoms with van der Waals surface area (Å²) in [6.45, 7) is 18.0. The number of aromatic nitrogens is 6. The maximum absolute atomic E-state index is 10.2. The standard InChI is InChI=1S/C15H27ClN6O3.C12H26N2O3.C3H2Cl2N4.CH4/c1-15(2,3)25-9-11(24)7-21-4-5-22(10(6-21)8-23)14-18-13(17)12(16)19-20-14;1-12(2,3)17-9-11(16)7-14-5-4-13-10(6-14)8-15;4-1-2(6)7-3(5)9-8-1;/h10-11,23-24H,4-9H2,1-3H3,(H2,17,18,20);10-11,13,15-16H,4-9H2,1-3H3;(H2,6,7,9);1H4/t2*10-,11?;;/m00../s1. The van der Waals surface area contributed by atoms with Crippen molar-refractivity contribution in [3.63, 3.8) is 0 Å². The summed E-state index contributed by atoms with van der Waals surface area (Å²) in [6.07, 6.45) is -1.05. The number of aliphatic hydroxyl groups excluding tert-OH is 4. The van der Waals surface area contributed by atoms with Gasteiger partial charge in [-0.1, -0.05) is 30.6 Å². The smallest absolute Gasteiger partial charge is 0.247 e. The molecule has 0 aromatic carbocycles. The molecule has 0 saturated carbocycles. The van der Waals surface area contributed by atoms with Gasteiger partial charge in [-0.2, -0.15) is 9.97 Å². The van der Waals surface area contributed by atoms with E-state index in [0.717, 1.165) is 19.6 Å². The van der Waals surface area contributed by atoms with Gasteiger partial charge in [0, 0.05) is 58.4 Å². The predicted molar refractivity (Wildman–Crippen MR) is 204 cm³/mol. The quantitative estimate of drug-likeness (QED) is 0.164. The van der Waals surface area contributed by atoms with Crippen LogP contribution in [0.5, 0.6) is 0 Å². The zero-order valence-electron chi connectivity index (χ0n) is 30.2.